The normalized spacial score (nSPS) is 11.5. The minimum absolute atomic E-state index is 0.372. The Morgan fingerprint density at radius 3 is 2.67 bits per heavy atom. The molecule has 0 saturated heterocycles. The number of nitriles is 1. The van der Waals surface area contributed by atoms with E-state index in [1.165, 1.54) is 16.9 Å². The lowest BCUT2D eigenvalue weighted by molar-refractivity contribution is 1.36. The second-order valence-electron chi connectivity index (χ2n) is 6.13. The van der Waals surface area contributed by atoms with Crippen molar-refractivity contribution in [2.24, 2.45) is 0 Å². The van der Waals surface area contributed by atoms with Crippen LogP contribution in [0.25, 0.3) is 33.8 Å². The fourth-order valence-corrected chi connectivity index (χ4v) is 3.76. The molecule has 4 aromatic rings. The zero-order chi connectivity index (χ0) is 18.8. The second kappa shape index (κ2) is 7.32. The van der Waals surface area contributed by atoms with Crippen molar-refractivity contribution in [1.82, 2.24) is 9.97 Å². The predicted octanol–water partition coefficient (Wildman–Crippen LogP) is 6.38. The van der Waals surface area contributed by atoms with Crippen LogP contribution in [-0.2, 0) is 0 Å². The zero-order valence-electron chi connectivity index (χ0n) is 14.5. The van der Waals surface area contributed by atoms with Crippen LogP contribution in [0.2, 0.25) is 5.15 Å². The molecule has 2 aromatic carbocycles. The lowest BCUT2D eigenvalue weighted by Gasteiger charge is -2.02. The third-order valence-electron chi connectivity index (χ3n) is 4.21. The molecule has 0 unspecified atom stereocenters. The molecule has 0 atom stereocenters. The summed E-state index contributed by atoms with van der Waals surface area (Å²) in [6.45, 7) is 2.05. The van der Waals surface area contributed by atoms with Crippen molar-refractivity contribution < 1.29 is 0 Å². The topological polar surface area (TPSA) is 49.6 Å². The Hall–Kier alpha value is -3.00. The number of nitrogens with zero attached hydrogens (tertiary/aromatic N) is 3. The van der Waals surface area contributed by atoms with Crippen LogP contribution in [0, 0.1) is 18.3 Å². The molecule has 3 nitrogen and oxygen atoms in total. The first-order valence-corrected chi connectivity index (χ1v) is 9.60. The first-order chi connectivity index (χ1) is 13.1. The third kappa shape index (κ3) is 3.61. The van der Waals surface area contributed by atoms with E-state index in [1.54, 1.807) is 6.08 Å². The lowest BCUT2D eigenvalue weighted by Crippen LogP contribution is -1.87. The number of pyridine rings is 1. The molecule has 0 amide bonds. The molecule has 0 N–H and O–H groups in total. The maximum atomic E-state index is 9.65. The molecular weight excluding hydrogens is 374 g/mol. The van der Waals surface area contributed by atoms with Crippen molar-refractivity contribution in [3.05, 3.63) is 81.3 Å². The molecule has 0 aliphatic heterocycles. The summed E-state index contributed by atoms with van der Waals surface area (Å²) in [6.07, 6.45) is 1.75. The molecular formula is C22H14ClN3S. The predicted molar refractivity (Wildman–Crippen MR) is 113 cm³/mol. The quantitative estimate of drug-likeness (QED) is 0.302. The number of aromatic nitrogens is 2. The molecule has 5 heteroatoms. The molecule has 0 spiro atoms. The number of aryl methyl sites for hydroxylation is 1. The highest BCUT2D eigenvalue weighted by molar-refractivity contribution is 7.11. The van der Waals surface area contributed by atoms with Crippen molar-refractivity contribution in [2.75, 3.05) is 0 Å². The largest absolute Gasteiger partial charge is 0.235 e. The van der Waals surface area contributed by atoms with Gasteiger partial charge in [0.1, 0.15) is 16.2 Å². The van der Waals surface area contributed by atoms with Crippen LogP contribution in [0.1, 0.15) is 16.1 Å². The molecule has 4 rings (SSSR count). The molecule has 130 valence electrons. The summed E-state index contributed by atoms with van der Waals surface area (Å²) in [6, 6.07) is 20.1. The zero-order valence-corrected chi connectivity index (χ0v) is 16.1. The minimum atomic E-state index is 0.372. The Balaban J connectivity index is 1.73. The van der Waals surface area contributed by atoms with Crippen molar-refractivity contribution in [1.29, 1.82) is 5.26 Å². The summed E-state index contributed by atoms with van der Waals surface area (Å²) in [4.78, 5) is 9.05. The average Bonchev–Trinajstić information content (AvgIpc) is 3.17. The standard InChI is InChI=1S/C22H14ClN3S/c1-14-6-8-15(9-7-14)20-13-27-22(26-20)18(12-24)11-17-10-16-4-2-3-5-19(16)25-21(17)23/h2-11,13H,1H3/b18-11+. The molecule has 2 aromatic heterocycles. The molecule has 0 bridgehead atoms. The van der Waals surface area contributed by atoms with Gasteiger partial charge in [0.25, 0.3) is 0 Å². The summed E-state index contributed by atoms with van der Waals surface area (Å²) < 4.78 is 0. The Kier molecular flexibility index (Phi) is 4.72. The summed E-state index contributed by atoms with van der Waals surface area (Å²) in [5.41, 5.74) is 5.10. The fourth-order valence-electron chi connectivity index (χ4n) is 2.76. The van der Waals surface area contributed by atoms with Crippen LogP contribution in [0.5, 0.6) is 0 Å². The summed E-state index contributed by atoms with van der Waals surface area (Å²) in [7, 11) is 0. The van der Waals surface area contributed by atoms with Gasteiger partial charge in [-0.3, -0.25) is 0 Å². The maximum Gasteiger partial charge on any atom is 0.137 e. The van der Waals surface area contributed by atoms with E-state index in [0.29, 0.717) is 21.3 Å². The summed E-state index contributed by atoms with van der Waals surface area (Å²) in [5.74, 6) is 0. The number of allylic oxidation sites excluding steroid dienone is 1. The molecule has 0 saturated carbocycles. The van der Waals surface area contributed by atoms with Crippen LogP contribution in [0.3, 0.4) is 0 Å². The number of hydrogen-bond donors (Lipinski definition) is 0. The van der Waals surface area contributed by atoms with Gasteiger partial charge in [0.05, 0.1) is 16.8 Å². The fraction of sp³-hybridized carbons (Fsp3) is 0.0455. The van der Waals surface area contributed by atoms with Crippen LogP contribution in [-0.4, -0.2) is 9.97 Å². The maximum absolute atomic E-state index is 9.65. The molecule has 27 heavy (non-hydrogen) atoms. The highest BCUT2D eigenvalue weighted by Crippen LogP contribution is 2.29. The SMILES string of the molecule is Cc1ccc(-c2csc(/C(C#N)=C/c3cc4ccccc4nc3Cl)n2)cc1. The van der Waals surface area contributed by atoms with Crippen LogP contribution < -0.4 is 0 Å². The molecule has 2 heterocycles. The van der Waals surface area contributed by atoms with Gasteiger partial charge in [-0.25, -0.2) is 9.97 Å². The smallest absolute Gasteiger partial charge is 0.137 e. The van der Waals surface area contributed by atoms with Crippen molar-refractivity contribution >= 4 is 45.5 Å². The molecule has 0 radical (unpaired) electrons. The van der Waals surface area contributed by atoms with Gasteiger partial charge in [0, 0.05) is 21.9 Å². The highest BCUT2D eigenvalue weighted by Gasteiger charge is 2.11. The van der Waals surface area contributed by atoms with Gasteiger partial charge in [0.15, 0.2) is 0 Å². The van der Waals surface area contributed by atoms with E-state index in [2.05, 4.69) is 28.2 Å². The molecule has 0 aliphatic rings. The average molecular weight is 388 g/mol. The van der Waals surface area contributed by atoms with Gasteiger partial charge in [-0.2, -0.15) is 5.26 Å². The number of benzene rings is 2. The van der Waals surface area contributed by atoms with Gasteiger partial charge in [-0.05, 0) is 25.1 Å². The number of fused-ring (bicyclic) bond motifs is 1. The number of rotatable bonds is 3. The summed E-state index contributed by atoms with van der Waals surface area (Å²) >= 11 is 7.77. The third-order valence-corrected chi connectivity index (χ3v) is 5.39. The number of halogens is 1. The van der Waals surface area contributed by atoms with Gasteiger partial charge in [-0.1, -0.05) is 59.6 Å². The van der Waals surface area contributed by atoms with Crippen LogP contribution in [0.4, 0.5) is 0 Å². The molecule has 0 aliphatic carbocycles. The van der Waals surface area contributed by atoms with Gasteiger partial charge < -0.3 is 0 Å². The Bertz CT molecular complexity index is 1200. The number of hydrogen-bond acceptors (Lipinski definition) is 4. The van der Waals surface area contributed by atoms with E-state index in [4.69, 9.17) is 11.6 Å². The van der Waals surface area contributed by atoms with E-state index in [0.717, 1.165) is 22.2 Å². The van der Waals surface area contributed by atoms with Crippen molar-refractivity contribution in [2.45, 2.75) is 6.92 Å². The Labute approximate surface area is 166 Å². The Morgan fingerprint density at radius 2 is 1.89 bits per heavy atom. The van der Waals surface area contributed by atoms with E-state index in [-0.39, 0.29) is 0 Å². The van der Waals surface area contributed by atoms with Gasteiger partial charge in [0.2, 0.25) is 0 Å². The monoisotopic (exact) mass is 387 g/mol. The second-order valence-corrected chi connectivity index (χ2v) is 7.35. The van der Waals surface area contributed by atoms with Crippen LogP contribution >= 0.6 is 22.9 Å². The highest BCUT2D eigenvalue weighted by atomic mass is 35.5. The van der Waals surface area contributed by atoms with E-state index >= 15 is 0 Å². The number of thiazole rings is 1. The molecule has 0 fully saturated rings. The van der Waals surface area contributed by atoms with Crippen molar-refractivity contribution in [3.63, 3.8) is 0 Å². The van der Waals surface area contributed by atoms with E-state index < -0.39 is 0 Å². The van der Waals surface area contributed by atoms with Gasteiger partial charge in [-0.15, -0.1) is 11.3 Å². The number of para-hydroxylation sites is 1. The first kappa shape index (κ1) is 17.4. The summed E-state index contributed by atoms with van der Waals surface area (Å²) in [5, 5.41) is 13.6. The van der Waals surface area contributed by atoms with E-state index in [9.17, 15) is 5.26 Å². The van der Waals surface area contributed by atoms with E-state index in [1.807, 2.05) is 54.8 Å². The van der Waals surface area contributed by atoms with Crippen molar-refractivity contribution in [3.8, 4) is 17.3 Å². The minimum Gasteiger partial charge on any atom is -0.235 e. The van der Waals surface area contributed by atoms with Crippen LogP contribution in [0.15, 0.2) is 60.0 Å². The first-order valence-electron chi connectivity index (χ1n) is 8.34. The van der Waals surface area contributed by atoms with Gasteiger partial charge >= 0.3 is 0 Å². The Morgan fingerprint density at radius 1 is 1.11 bits per heavy atom. The lowest BCUT2D eigenvalue weighted by atomic mass is 10.1.